The van der Waals surface area contributed by atoms with E-state index in [-0.39, 0.29) is 24.9 Å². The summed E-state index contributed by atoms with van der Waals surface area (Å²) in [4.78, 5) is 29.3. The lowest BCUT2D eigenvalue weighted by Crippen LogP contribution is -2.54. The zero-order chi connectivity index (χ0) is 30.0. The summed E-state index contributed by atoms with van der Waals surface area (Å²) in [5.74, 6) is -0.194. The summed E-state index contributed by atoms with van der Waals surface area (Å²) in [6.45, 7) is 5.86. The number of ether oxygens (including phenoxy) is 1. The molecule has 0 fully saturated rings. The molecule has 3 rings (SSSR count). The number of carbonyl (C=O) groups excluding carboxylic acids is 2. The van der Waals surface area contributed by atoms with Crippen LogP contribution >= 0.6 is 15.9 Å². The molecule has 10 heteroatoms. The molecule has 41 heavy (non-hydrogen) atoms. The molecule has 0 radical (unpaired) electrons. The lowest BCUT2D eigenvalue weighted by Gasteiger charge is -2.34. The molecule has 0 saturated heterocycles. The fourth-order valence-electron chi connectivity index (χ4n) is 4.32. The van der Waals surface area contributed by atoms with Crippen molar-refractivity contribution in [1.29, 1.82) is 0 Å². The van der Waals surface area contributed by atoms with E-state index in [0.717, 1.165) is 32.6 Å². The molecule has 2 amide bonds. The molecule has 220 valence electrons. The molecule has 0 aromatic heterocycles. The maximum Gasteiger partial charge on any atom is 0.244 e. The quantitative estimate of drug-likeness (QED) is 0.262. The van der Waals surface area contributed by atoms with Crippen molar-refractivity contribution in [1.82, 2.24) is 10.2 Å². The summed E-state index contributed by atoms with van der Waals surface area (Å²) in [5, 5.41) is 3.03. The van der Waals surface area contributed by atoms with Gasteiger partial charge in [-0.3, -0.25) is 13.9 Å². The Balaban J connectivity index is 2.04. The van der Waals surface area contributed by atoms with Gasteiger partial charge < -0.3 is 15.0 Å². The molecule has 0 unspecified atom stereocenters. The molecule has 0 aliphatic carbocycles. The number of benzene rings is 3. The number of amides is 2. The smallest absolute Gasteiger partial charge is 0.244 e. The summed E-state index contributed by atoms with van der Waals surface area (Å²) in [7, 11) is -3.84. The Hall–Kier alpha value is -3.37. The number of nitrogens with zero attached hydrogens (tertiary/aromatic N) is 2. The number of rotatable bonds is 14. The Morgan fingerprint density at radius 3 is 2.20 bits per heavy atom. The first-order valence-corrected chi connectivity index (χ1v) is 16.2. The minimum absolute atomic E-state index is 0.0973. The third-order valence-electron chi connectivity index (χ3n) is 6.63. The zero-order valence-corrected chi connectivity index (χ0v) is 26.3. The highest BCUT2D eigenvalue weighted by Gasteiger charge is 2.33. The number of sulfonamides is 1. The fraction of sp³-hybridized carbons (Fsp3) is 0.355. The number of anilines is 1. The molecule has 3 aromatic rings. The van der Waals surface area contributed by atoms with Crippen LogP contribution in [0, 0.1) is 0 Å². The number of carbonyl (C=O) groups is 2. The van der Waals surface area contributed by atoms with E-state index >= 15 is 0 Å². The van der Waals surface area contributed by atoms with Gasteiger partial charge in [0.1, 0.15) is 18.3 Å². The standard InChI is InChI=1S/C31H38BrN3O5S/c1-5-23(3)33-31(37)29(20-24-11-8-7-9-12-24)34(21-25-13-10-14-26(32)19-25)30(36)22-35(41(4,38)39)27-15-17-28(18-16-27)40-6-2/h7-19,23,29H,5-6,20-22H2,1-4H3,(H,33,37)/t23-,29+/m0/s1. The maximum absolute atomic E-state index is 14.1. The summed E-state index contributed by atoms with van der Waals surface area (Å²) in [5.41, 5.74) is 2.01. The molecular weight excluding hydrogens is 606 g/mol. The lowest BCUT2D eigenvalue weighted by atomic mass is 10.0. The SMILES string of the molecule is CCOc1ccc(N(CC(=O)N(Cc2cccc(Br)c2)[C@H](Cc2ccccc2)C(=O)N[C@@H](C)CC)S(C)(=O)=O)cc1. The van der Waals surface area contributed by atoms with Gasteiger partial charge in [0.2, 0.25) is 21.8 Å². The van der Waals surface area contributed by atoms with Crippen LogP contribution in [-0.2, 0) is 32.6 Å². The average molecular weight is 645 g/mol. The van der Waals surface area contributed by atoms with E-state index in [1.807, 2.05) is 75.4 Å². The zero-order valence-electron chi connectivity index (χ0n) is 23.9. The highest BCUT2D eigenvalue weighted by atomic mass is 79.9. The Labute approximate surface area is 251 Å². The summed E-state index contributed by atoms with van der Waals surface area (Å²) < 4.78 is 33.2. The van der Waals surface area contributed by atoms with Crippen LogP contribution in [0.4, 0.5) is 5.69 Å². The van der Waals surface area contributed by atoms with E-state index in [2.05, 4.69) is 21.2 Å². The van der Waals surface area contributed by atoms with Crippen molar-refractivity contribution >= 4 is 43.5 Å². The van der Waals surface area contributed by atoms with E-state index < -0.39 is 28.5 Å². The van der Waals surface area contributed by atoms with Gasteiger partial charge in [-0.25, -0.2) is 8.42 Å². The van der Waals surface area contributed by atoms with Gasteiger partial charge in [-0.1, -0.05) is 65.3 Å². The second kappa shape index (κ2) is 15.0. The van der Waals surface area contributed by atoms with Crippen LogP contribution in [-0.4, -0.2) is 56.6 Å². The average Bonchev–Trinajstić information content (AvgIpc) is 2.94. The minimum Gasteiger partial charge on any atom is -0.494 e. The van der Waals surface area contributed by atoms with Crippen molar-refractivity contribution < 1.29 is 22.7 Å². The minimum atomic E-state index is -3.84. The molecule has 0 aliphatic rings. The largest absolute Gasteiger partial charge is 0.494 e. The van der Waals surface area contributed by atoms with E-state index in [4.69, 9.17) is 4.74 Å². The third kappa shape index (κ3) is 9.60. The Bertz CT molecular complexity index is 1400. The third-order valence-corrected chi connectivity index (χ3v) is 8.26. The van der Waals surface area contributed by atoms with Crippen molar-refractivity contribution in [2.24, 2.45) is 0 Å². The molecule has 8 nitrogen and oxygen atoms in total. The molecule has 0 saturated carbocycles. The second-order valence-corrected chi connectivity index (χ2v) is 12.7. The Morgan fingerprint density at radius 1 is 0.951 bits per heavy atom. The van der Waals surface area contributed by atoms with E-state index in [0.29, 0.717) is 18.0 Å². The predicted octanol–water partition coefficient (Wildman–Crippen LogP) is 5.17. The predicted molar refractivity (Wildman–Crippen MR) is 166 cm³/mol. The van der Waals surface area contributed by atoms with Crippen LogP contribution < -0.4 is 14.4 Å². The second-order valence-electron chi connectivity index (χ2n) is 9.87. The summed E-state index contributed by atoms with van der Waals surface area (Å²) in [6, 6.07) is 22.5. The molecular formula is C31H38BrN3O5S. The van der Waals surface area contributed by atoms with Crippen LogP contribution in [0.15, 0.2) is 83.3 Å². The first-order chi connectivity index (χ1) is 19.5. The number of halogens is 1. The van der Waals surface area contributed by atoms with Crippen molar-refractivity contribution in [2.75, 3.05) is 23.7 Å². The van der Waals surface area contributed by atoms with Gasteiger partial charge in [0.05, 0.1) is 18.6 Å². The Kier molecular flexibility index (Phi) is 11.8. The van der Waals surface area contributed by atoms with Crippen molar-refractivity contribution in [3.05, 3.63) is 94.5 Å². The molecule has 2 atom stereocenters. The fourth-order valence-corrected chi connectivity index (χ4v) is 5.61. The molecule has 0 spiro atoms. The van der Waals surface area contributed by atoms with Gasteiger partial charge in [-0.2, -0.15) is 0 Å². The molecule has 1 N–H and O–H groups in total. The normalized spacial score (nSPS) is 12.7. The van der Waals surface area contributed by atoms with Crippen molar-refractivity contribution in [2.45, 2.75) is 52.2 Å². The topological polar surface area (TPSA) is 96.0 Å². The van der Waals surface area contributed by atoms with Crippen LogP contribution in [0.5, 0.6) is 5.75 Å². The van der Waals surface area contributed by atoms with E-state index in [9.17, 15) is 18.0 Å². The Morgan fingerprint density at radius 2 is 1.61 bits per heavy atom. The first-order valence-electron chi connectivity index (χ1n) is 13.6. The van der Waals surface area contributed by atoms with Gasteiger partial charge in [0, 0.05) is 23.5 Å². The van der Waals surface area contributed by atoms with Crippen LogP contribution in [0.1, 0.15) is 38.3 Å². The van der Waals surface area contributed by atoms with Crippen molar-refractivity contribution in [3.8, 4) is 5.75 Å². The lowest BCUT2D eigenvalue weighted by molar-refractivity contribution is -0.140. The monoisotopic (exact) mass is 643 g/mol. The van der Waals surface area contributed by atoms with E-state index in [1.54, 1.807) is 24.3 Å². The molecule has 0 bridgehead atoms. The van der Waals surface area contributed by atoms with Crippen LogP contribution in [0.2, 0.25) is 0 Å². The molecule has 0 aliphatic heterocycles. The van der Waals surface area contributed by atoms with Gasteiger partial charge in [-0.15, -0.1) is 0 Å². The molecule has 0 heterocycles. The number of hydrogen-bond donors (Lipinski definition) is 1. The summed E-state index contributed by atoms with van der Waals surface area (Å²) >= 11 is 3.48. The van der Waals surface area contributed by atoms with Gasteiger partial charge >= 0.3 is 0 Å². The van der Waals surface area contributed by atoms with Crippen LogP contribution in [0.3, 0.4) is 0 Å². The van der Waals surface area contributed by atoms with Crippen LogP contribution in [0.25, 0.3) is 0 Å². The van der Waals surface area contributed by atoms with Gasteiger partial charge in [0.25, 0.3) is 0 Å². The highest BCUT2D eigenvalue weighted by Crippen LogP contribution is 2.24. The van der Waals surface area contributed by atoms with E-state index in [1.165, 1.54) is 4.90 Å². The van der Waals surface area contributed by atoms with Crippen molar-refractivity contribution in [3.63, 3.8) is 0 Å². The highest BCUT2D eigenvalue weighted by molar-refractivity contribution is 9.10. The van der Waals surface area contributed by atoms with Gasteiger partial charge in [0.15, 0.2) is 0 Å². The van der Waals surface area contributed by atoms with Gasteiger partial charge in [-0.05, 0) is 67.8 Å². The number of nitrogens with one attached hydrogen (secondary N) is 1. The number of hydrogen-bond acceptors (Lipinski definition) is 5. The maximum atomic E-state index is 14.1. The first kappa shape index (κ1) is 32.1. The summed E-state index contributed by atoms with van der Waals surface area (Å²) in [6.07, 6.45) is 2.06. The molecule has 3 aromatic carbocycles.